The fourth-order valence-corrected chi connectivity index (χ4v) is 3.66. The fourth-order valence-electron chi connectivity index (χ4n) is 3.66. The minimum atomic E-state index is 0.0454. The highest BCUT2D eigenvalue weighted by Gasteiger charge is 2.21. The second kappa shape index (κ2) is 7.30. The SMILES string of the molecule is CC(C)(C)c1ccc(OCCN2CCCn3c2nc2ccccc2c3=O)cc1. The van der Waals surface area contributed by atoms with Crippen LogP contribution >= 0.6 is 0 Å². The lowest BCUT2D eigenvalue weighted by molar-refractivity contribution is 0.319. The Morgan fingerprint density at radius 3 is 2.54 bits per heavy atom. The van der Waals surface area contributed by atoms with Crippen LogP contribution in [0.5, 0.6) is 5.75 Å². The van der Waals surface area contributed by atoms with E-state index in [1.54, 1.807) is 4.57 Å². The van der Waals surface area contributed by atoms with Crippen LogP contribution in [-0.4, -0.2) is 29.2 Å². The van der Waals surface area contributed by atoms with Gasteiger partial charge < -0.3 is 9.64 Å². The summed E-state index contributed by atoms with van der Waals surface area (Å²) < 4.78 is 7.75. The Labute approximate surface area is 165 Å². The molecule has 1 aliphatic rings. The van der Waals surface area contributed by atoms with E-state index >= 15 is 0 Å². The van der Waals surface area contributed by atoms with Gasteiger partial charge in [-0.3, -0.25) is 9.36 Å². The van der Waals surface area contributed by atoms with Gasteiger partial charge in [-0.25, -0.2) is 4.98 Å². The topological polar surface area (TPSA) is 47.4 Å². The molecule has 28 heavy (non-hydrogen) atoms. The van der Waals surface area contributed by atoms with E-state index in [1.165, 1.54) is 5.56 Å². The van der Waals surface area contributed by atoms with Gasteiger partial charge in [-0.2, -0.15) is 0 Å². The lowest BCUT2D eigenvalue weighted by Gasteiger charge is -2.30. The molecule has 0 fully saturated rings. The van der Waals surface area contributed by atoms with Crippen LogP contribution in [0.2, 0.25) is 0 Å². The minimum absolute atomic E-state index is 0.0454. The van der Waals surface area contributed by atoms with Crippen molar-refractivity contribution in [2.75, 3.05) is 24.6 Å². The third-order valence-electron chi connectivity index (χ3n) is 5.28. The second-order valence-corrected chi connectivity index (χ2v) is 8.35. The summed E-state index contributed by atoms with van der Waals surface area (Å²) in [6, 6.07) is 15.9. The first-order valence-electron chi connectivity index (χ1n) is 9.91. The Bertz CT molecular complexity index is 1030. The highest BCUT2D eigenvalue weighted by Crippen LogP contribution is 2.24. The first-order valence-corrected chi connectivity index (χ1v) is 9.91. The Kier molecular flexibility index (Phi) is 4.84. The normalized spacial score (nSPS) is 14.2. The molecule has 0 bridgehead atoms. The van der Waals surface area contributed by atoms with Gasteiger partial charge in [-0.1, -0.05) is 45.0 Å². The van der Waals surface area contributed by atoms with Gasteiger partial charge in [0, 0.05) is 13.1 Å². The van der Waals surface area contributed by atoms with E-state index in [1.807, 2.05) is 36.4 Å². The quantitative estimate of drug-likeness (QED) is 0.690. The molecule has 0 radical (unpaired) electrons. The molecule has 5 heteroatoms. The Hall–Kier alpha value is -2.82. The van der Waals surface area contributed by atoms with Gasteiger partial charge >= 0.3 is 0 Å². The molecule has 2 aromatic carbocycles. The van der Waals surface area contributed by atoms with E-state index in [-0.39, 0.29) is 11.0 Å². The van der Waals surface area contributed by atoms with Gasteiger partial charge in [0.2, 0.25) is 5.95 Å². The van der Waals surface area contributed by atoms with Gasteiger partial charge in [0.15, 0.2) is 0 Å². The highest BCUT2D eigenvalue weighted by molar-refractivity contribution is 5.78. The molecule has 2 heterocycles. The molecular formula is C23H27N3O2. The molecule has 0 saturated carbocycles. The van der Waals surface area contributed by atoms with Gasteiger partial charge in [0.1, 0.15) is 12.4 Å². The smallest absolute Gasteiger partial charge is 0.262 e. The molecule has 5 nitrogen and oxygen atoms in total. The monoisotopic (exact) mass is 377 g/mol. The van der Waals surface area contributed by atoms with Crippen LogP contribution < -0.4 is 15.2 Å². The van der Waals surface area contributed by atoms with Crippen molar-refractivity contribution in [1.29, 1.82) is 0 Å². The number of nitrogens with zero attached hydrogens (tertiary/aromatic N) is 3. The molecule has 0 saturated heterocycles. The first-order chi connectivity index (χ1) is 13.4. The average Bonchev–Trinajstić information content (AvgIpc) is 2.68. The third-order valence-corrected chi connectivity index (χ3v) is 5.28. The summed E-state index contributed by atoms with van der Waals surface area (Å²) in [6.07, 6.45) is 0.938. The number of anilines is 1. The number of para-hydroxylation sites is 1. The summed E-state index contributed by atoms with van der Waals surface area (Å²) >= 11 is 0. The number of hydrogen-bond donors (Lipinski definition) is 0. The van der Waals surface area contributed by atoms with Crippen molar-refractivity contribution in [1.82, 2.24) is 9.55 Å². The van der Waals surface area contributed by atoms with Gasteiger partial charge in [0.05, 0.1) is 17.4 Å². The molecule has 0 N–H and O–H groups in total. The first kappa shape index (κ1) is 18.5. The summed E-state index contributed by atoms with van der Waals surface area (Å²) in [4.78, 5) is 19.7. The van der Waals surface area contributed by atoms with E-state index in [2.05, 4.69) is 37.8 Å². The molecule has 1 aliphatic heterocycles. The number of benzene rings is 2. The Morgan fingerprint density at radius 1 is 1.04 bits per heavy atom. The van der Waals surface area contributed by atoms with Crippen molar-refractivity contribution in [2.45, 2.75) is 39.2 Å². The van der Waals surface area contributed by atoms with Crippen LogP contribution in [0, 0.1) is 0 Å². The van der Waals surface area contributed by atoms with Crippen molar-refractivity contribution in [3.8, 4) is 5.75 Å². The van der Waals surface area contributed by atoms with Crippen molar-refractivity contribution in [2.24, 2.45) is 0 Å². The minimum Gasteiger partial charge on any atom is -0.492 e. The maximum Gasteiger partial charge on any atom is 0.262 e. The van der Waals surface area contributed by atoms with Crippen LogP contribution in [0.25, 0.3) is 10.9 Å². The molecule has 0 atom stereocenters. The zero-order valence-corrected chi connectivity index (χ0v) is 16.8. The van der Waals surface area contributed by atoms with Crippen molar-refractivity contribution in [3.05, 3.63) is 64.4 Å². The number of aromatic nitrogens is 2. The van der Waals surface area contributed by atoms with Crippen molar-refractivity contribution < 1.29 is 4.74 Å². The molecule has 0 amide bonds. The third kappa shape index (κ3) is 3.61. The number of hydrogen-bond acceptors (Lipinski definition) is 4. The maximum atomic E-state index is 12.8. The zero-order valence-electron chi connectivity index (χ0n) is 16.8. The van der Waals surface area contributed by atoms with Crippen LogP contribution in [0.1, 0.15) is 32.8 Å². The molecule has 0 unspecified atom stereocenters. The lowest BCUT2D eigenvalue weighted by atomic mass is 9.87. The molecular weight excluding hydrogens is 350 g/mol. The standard InChI is InChI=1S/C23H27N3O2/c1-23(2,3)17-9-11-18(12-10-17)28-16-15-25-13-6-14-26-21(27)19-7-4-5-8-20(19)24-22(25)26/h4-5,7-12H,6,13-16H2,1-3H3. The summed E-state index contributed by atoms with van der Waals surface area (Å²) in [5.74, 6) is 1.62. The maximum absolute atomic E-state index is 12.8. The lowest BCUT2D eigenvalue weighted by Crippen LogP contribution is -2.40. The summed E-state index contributed by atoms with van der Waals surface area (Å²) in [6.45, 7) is 9.47. The van der Waals surface area contributed by atoms with Crippen LogP contribution in [0.4, 0.5) is 5.95 Å². The predicted octanol–water partition coefficient (Wildman–Crippen LogP) is 3.98. The van der Waals surface area contributed by atoms with Gasteiger partial charge in [-0.15, -0.1) is 0 Å². The van der Waals surface area contributed by atoms with E-state index in [0.29, 0.717) is 18.5 Å². The zero-order chi connectivity index (χ0) is 19.7. The average molecular weight is 377 g/mol. The van der Waals surface area contributed by atoms with Crippen LogP contribution in [0.15, 0.2) is 53.3 Å². The van der Waals surface area contributed by atoms with Gasteiger partial charge in [0.25, 0.3) is 5.56 Å². The van der Waals surface area contributed by atoms with E-state index < -0.39 is 0 Å². The summed E-state index contributed by atoms with van der Waals surface area (Å²) in [5, 5.41) is 0.684. The largest absolute Gasteiger partial charge is 0.492 e. The van der Waals surface area contributed by atoms with E-state index in [4.69, 9.17) is 9.72 Å². The number of fused-ring (bicyclic) bond motifs is 2. The molecule has 0 spiro atoms. The summed E-state index contributed by atoms with van der Waals surface area (Å²) in [7, 11) is 0. The fraction of sp³-hybridized carbons (Fsp3) is 0.391. The Morgan fingerprint density at radius 2 is 1.79 bits per heavy atom. The highest BCUT2D eigenvalue weighted by atomic mass is 16.5. The van der Waals surface area contributed by atoms with Crippen molar-refractivity contribution in [3.63, 3.8) is 0 Å². The number of rotatable bonds is 4. The number of ether oxygens (including phenoxy) is 1. The van der Waals surface area contributed by atoms with Crippen LogP contribution in [-0.2, 0) is 12.0 Å². The van der Waals surface area contributed by atoms with Gasteiger partial charge in [-0.05, 0) is 41.7 Å². The molecule has 4 rings (SSSR count). The predicted molar refractivity (Wildman–Crippen MR) is 113 cm³/mol. The van der Waals surface area contributed by atoms with Crippen molar-refractivity contribution >= 4 is 16.9 Å². The van der Waals surface area contributed by atoms with E-state index in [0.717, 1.165) is 36.7 Å². The molecule has 1 aromatic heterocycles. The van der Waals surface area contributed by atoms with E-state index in [9.17, 15) is 4.79 Å². The van der Waals surface area contributed by atoms with Crippen LogP contribution in [0.3, 0.4) is 0 Å². The molecule has 0 aliphatic carbocycles. The summed E-state index contributed by atoms with van der Waals surface area (Å²) in [5.41, 5.74) is 2.23. The Balaban J connectivity index is 1.48. The second-order valence-electron chi connectivity index (χ2n) is 8.35. The molecule has 146 valence electrons. The molecule has 3 aromatic rings.